The molecule has 0 unspecified atom stereocenters. The maximum atomic E-state index is 13.6. The lowest BCUT2D eigenvalue weighted by molar-refractivity contribution is 0.631. The largest absolute Gasteiger partial charge is 0.397 e. The highest BCUT2D eigenvalue weighted by molar-refractivity contribution is 6.30. The zero-order valence-electron chi connectivity index (χ0n) is 8.67. The van der Waals surface area contributed by atoms with E-state index in [1.54, 1.807) is 31.2 Å². The standard InChI is InChI=1S/C12H10ClFN2/c1-7-11(15)4-5-12(16-7)9-3-2-8(13)6-10(9)14/h2-6H,15H2,1H3. The van der Waals surface area contributed by atoms with Crippen LogP contribution in [0.1, 0.15) is 5.69 Å². The number of aromatic nitrogens is 1. The van der Waals surface area contributed by atoms with E-state index in [1.807, 2.05) is 0 Å². The van der Waals surface area contributed by atoms with Gasteiger partial charge in [0.2, 0.25) is 0 Å². The molecule has 1 heterocycles. The Morgan fingerprint density at radius 1 is 1.25 bits per heavy atom. The molecule has 0 amide bonds. The number of nitrogens with zero attached hydrogens (tertiary/aromatic N) is 1. The van der Waals surface area contributed by atoms with E-state index in [9.17, 15) is 4.39 Å². The van der Waals surface area contributed by atoms with E-state index in [1.165, 1.54) is 6.07 Å². The number of pyridine rings is 1. The third-order valence-electron chi connectivity index (χ3n) is 2.33. The third kappa shape index (κ3) is 1.99. The molecular weight excluding hydrogens is 227 g/mol. The number of nitrogen functional groups attached to an aromatic ring is 1. The van der Waals surface area contributed by atoms with Crippen LogP contribution >= 0.6 is 11.6 Å². The van der Waals surface area contributed by atoms with Crippen molar-refractivity contribution in [3.63, 3.8) is 0 Å². The third-order valence-corrected chi connectivity index (χ3v) is 2.57. The van der Waals surface area contributed by atoms with Crippen molar-refractivity contribution >= 4 is 17.3 Å². The molecule has 0 bridgehead atoms. The van der Waals surface area contributed by atoms with Crippen molar-refractivity contribution in [3.05, 3.63) is 46.9 Å². The number of benzene rings is 1. The van der Waals surface area contributed by atoms with Gasteiger partial charge in [0.05, 0.1) is 17.1 Å². The fraction of sp³-hybridized carbons (Fsp3) is 0.0833. The minimum absolute atomic E-state index is 0.369. The van der Waals surface area contributed by atoms with Gasteiger partial charge in [-0.1, -0.05) is 11.6 Å². The van der Waals surface area contributed by atoms with E-state index in [-0.39, 0.29) is 5.82 Å². The molecule has 2 N–H and O–H groups in total. The number of halogens is 2. The summed E-state index contributed by atoms with van der Waals surface area (Å²) in [6, 6.07) is 7.91. The first-order valence-electron chi connectivity index (χ1n) is 4.76. The molecule has 0 fully saturated rings. The van der Waals surface area contributed by atoms with Crippen molar-refractivity contribution in [2.75, 3.05) is 5.73 Å². The number of hydrogen-bond donors (Lipinski definition) is 1. The van der Waals surface area contributed by atoms with Crippen molar-refractivity contribution in [2.24, 2.45) is 0 Å². The van der Waals surface area contributed by atoms with Crippen molar-refractivity contribution in [1.82, 2.24) is 4.98 Å². The summed E-state index contributed by atoms with van der Waals surface area (Å²) in [5.74, 6) is -0.385. The average molecular weight is 237 g/mol. The molecule has 1 aromatic heterocycles. The lowest BCUT2D eigenvalue weighted by Crippen LogP contribution is -1.95. The molecule has 0 aliphatic rings. The Balaban J connectivity index is 2.54. The van der Waals surface area contributed by atoms with Gasteiger partial charge < -0.3 is 5.73 Å². The van der Waals surface area contributed by atoms with Crippen LogP contribution in [0.5, 0.6) is 0 Å². The monoisotopic (exact) mass is 236 g/mol. The maximum absolute atomic E-state index is 13.6. The molecule has 2 aromatic rings. The van der Waals surface area contributed by atoms with Gasteiger partial charge in [-0.2, -0.15) is 0 Å². The van der Waals surface area contributed by atoms with Gasteiger partial charge in [-0.3, -0.25) is 4.98 Å². The van der Waals surface area contributed by atoms with Gasteiger partial charge in [0, 0.05) is 10.6 Å². The number of nitrogens with two attached hydrogens (primary N) is 1. The fourth-order valence-electron chi connectivity index (χ4n) is 1.42. The first-order chi connectivity index (χ1) is 7.58. The van der Waals surface area contributed by atoms with E-state index in [2.05, 4.69) is 4.98 Å². The normalized spacial score (nSPS) is 10.4. The van der Waals surface area contributed by atoms with Crippen LogP contribution in [0.2, 0.25) is 5.02 Å². The highest BCUT2D eigenvalue weighted by Crippen LogP contribution is 2.25. The molecule has 0 saturated heterocycles. The van der Waals surface area contributed by atoms with Crippen molar-refractivity contribution in [3.8, 4) is 11.3 Å². The molecule has 1 aromatic carbocycles. The molecule has 0 aliphatic heterocycles. The van der Waals surface area contributed by atoms with Crippen LogP contribution < -0.4 is 5.73 Å². The van der Waals surface area contributed by atoms with Gasteiger partial charge >= 0.3 is 0 Å². The minimum Gasteiger partial charge on any atom is -0.397 e. The van der Waals surface area contributed by atoms with Crippen LogP contribution in [-0.4, -0.2) is 4.98 Å². The van der Waals surface area contributed by atoms with Gasteiger partial charge in [0.1, 0.15) is 5.82 Å². The lowest BCUT2D eigenvalue weighted by atomic mass is 10.1. The Bertz CT molecular complexity index is 541. The molecule has 0 saturated carbocycles. The van der Waals surface area contributed by atoms with Crippen LogP contribution in [0.15, 0.2) is 30.3 Å². The Morgan fingerprint density at radius 2 is 2.00 bits per heavy atom. The summed E-state index contributed by atoms with van der Waals surface area (Å²) in [6.07, 6.45) is 0. The maximum Gasteiger partial charge on any atom is 0.134 e. The first-order valence-corrected chi connectivity index (χ1v) is 5.14. The van der Waals surface area contributed by atoms with Crippen LogP contribution in [0, 0.1) is 12.7 Å². The zero-order valence-corrected chi connectivity index (χ0v) is 9.42. The number of aryl methyl sites for hydroxylation is 1. The van der Waals surface area contributed by atoms with E-state index >= 15 is 0 Å². The second-order valence-electron chi connectivity index (χ2n) is 3.50. The molecule has 4 heteroatoms. The van der Waals surface area contributed by atoms with Gasteiger partial charge in [-0.15, -0.1) is 0 Å². The van der Waals surface area contributed by atoms with Crippen LogP contribution in [0.4, 0.5) is 10.1 Å². The SMILES string of the molecule is Cc1nc(-c2ccc(Cl)cc2F)ccc1N. The average Bonchev–Trinajstić information content (AvgIpc) is 2.22. The summed E-state index contributed by atoms with van der Waals surface area (Å²) in [5.41, 5.74) is 7.91. The van der Waals surface area contributed by atoms with Gasteiger partial charge in [0.15, 0.2) is 0 Å². The second kappa shape index (κ2) is 4.10. The molecule has 16 heavy (non-hydrogen) atoms. The quantitative estimate of drug-likeness (QED) is 0.824. The van der Waals surface area contributed by atoms with E-state index < -0.39 is 0 Å². The van der Waals surface area contributed by atoms with E-state index in [0.29, 0.717) is 27.7 Å². The predicted octanol–water partition coefficient (Wildman–Crippen LogP) is 3.43. The highest BCUT2D eigenvalue weighted by Gasteiger charge is 2.07. The molecule has 0 aliphatic carbocycles. The van der Waals surface area contributed by atoms with E-state index in [4.69, 9.17) is 17.3 Å². The Hall–Kier alpha value is -1.61. The molecule has 0 spiro atoms. The second-order valence-corrected chi connectivity index (χ2v) is 3.93. The fourth-order valence-corrected chi connectivity index (χ4v) is 1.58. The molecule has 2 rings (SSSR count). The Labute approximate surface area is 97.9 Å². The molecule has 2 nitrogen and oxygen atoms in total. The first kappa shape index (κ1) is 10.9. The molecule has 82 valence electrons. The number of rotatable bonds is 1. The number of hydrogen-bond acceptors (Lipinski definition) is 2. The van der Waals surface area contributed by atoms with Gasteiger partial charge in [0.25, 0.3) is 0 Å². The van der Waals surface area contributed by atoms with Crippen LogP contribution in [0.25, 0.3) is 11.3 Å². The van der Waals surface area contributed by atoms with Crippen molar-refractivity contribution < 1.29 is 4.39 Å². The molecule has 0 atom stereocenters. The van der Waals surface area contributed by atoms with Gasteiger partial charge in [-0.25, -0.2) is 4.39 Å². The molecule has 0 radical (unpaired) electrons. The van der Waals surface area contributed by atoms with Crippen molar-refractivity contribution in [2.45, 2.75) is 6.92 Å². The summed E-state index contributed by atoms with van der Waals surface area (Å²) in [5, 5.41) is 0.369. The van der Waals surface area contributed by atoms with Crippen LogP contribution in [0.3, 0.4) is 0 Å². The summed E-state index contributed by atoms with van der Waals surface area (Å²) in [6.45, 7) is 1.78. The topological polar surface area (TPSA) is 38.9 Å². The smallest absolute Gasteiger partial charge is 0.134 e. The van der Waals surface area contributed by atoms with E-state index in [0.717, 1.165) is 0 Å². The Morgan fingerprint density at radius 3 is 2.62 bits per heavy atom. The number of anilines is 1. The Kier molecular flexibility index (Phi) is 2.79. The summed E-state index contributed by atoms with van der Waals surface area (Å²) >= 11 is 5.68. The minimum atomic E-state index is -0.385. The van der Waals surface area contributed by atoms with Crippen molar-refractivity contribution in [1.29, 1.82) is 0 Å². The predicted molar refractivity (Wildman–Crippen MR) is 63.8 cm³/mol. The van der Waals surface area contributed by atoms with Crippen LogP contribution in [-0.2, 0) is 0 Å². The summed E-state index contributed by atoms with van der Waals surface area (Å²) in [4.78, 5) is 4.23. The lowest BCUT2D eigenvalue weighted by Gasteiger charge is -2.05. The zero-order chi connectivity index (χ0) is 11.7. The molecular formula is C12H10ClFN2. The summed E-state index contributed by atoms with van der Waals surface area (Å²) < 4.78 is 13.6. The summed E-state index contributed by atoms with van der Waals surface area (Å²) in [7, 11) is 0. The van der Waals surface area contributed by atoms with Gasteiger partial charge in [-0.05, 0) is 37.3 Å². The highest BCUT2D eigenvalue weighted by atomic mass is 35.5.